The standard InChI is InChI=1S/C21H16ClN5O2/c1-26-16-5-3-2-4-14(16)19(28)18(20(26)29)15-10-17(27(11-23)21(24)25-15)12-6-8-13(22)9-7-12/h2-9,17,24,28H,10H2,1H3. The van der Waals surface area contributed by atoms with E-state index < -0.39 is 11.6 Å². The van der Waals surface area contributed by atoms with Gasteiger partial charge >= 0.3 is 0 Å². The topological polar surface area (TPSA) is 105 Å². The third-order valence-corrected chi connectivity index (χ3v) is 5.35. The molecule has 0 fully saturated rings. The lowest BCUT2D eigenvalue weighted by atomic mass is 9.94. The molecular weight excluding hydrogens is 390 g/mol. The minimum atomic E-state index is -0.534. The Labute approximate surface area is 171 Å². The van der Waals surface area contributed by atoms with Gasteiger partial charge in [-0.1, -0.05) is 35.9 Å². The van der Waals surface area contributed by atoms with Gasteiger partial charge in [0.15, 0.2) is 6.19 Å². The molecule has 3 aromatic rings. The number of nitrogens with zero attached hydrogens (tertiary/aromatic N) is 4. The predicted octanol–water partition coefficient (Wildman–Crippen LogP) is 3.55. The van der Waals surface area contributed by atoms with Crippen LogP contribution in [0.25, 0.3) is 10.9 Å². The molecule has 0 bridgehead atoms. The van der Waals surface area contributed by atoms with E-state index in [9.17, 15) is 15.2 Å². The summed E-state index contributed by atoms with van der Waals surface area (Å²) in [6.45, 7) is 0. The fourth-order valence-electron chi connectivity index (χ4n) is 3.62. The fourth-order valence-corrected chi connectivity index (χ4v) is 3.74. The van der Waals surface area contributed by atoms with Gasteiger partial charge in [0.2, 0.25) is 5.96 Å². The Morgan fingerprint density at radius 2 is 1.93 bits per heavy atom. The van der Waals surface area contributed by atoms with Crippen LogP contribution in [0.5, 0.6) is 5.75 Å². The first-order valence-corrected chi connectivity index (χ1v) is 9.21. The molecule has 1 aromatic heterocycles. The van der Waals surface area contributed by atoms with E-state index in [0.29, 0.717) is 15.9 Å². The largest absolute Gasteiger partial charge is 0.506 e. The molecule has 0 radical (unpaired) electrons. The molecule has 0 amide bonds. The van der Waals surface area contributed by atoms with Gasteiger partial charge in [-0.25, -0.2) is 9.89 Å². The van der Waals surface area contributed by atoms with Crippen LogP contribution in [0.1, 0.15) is 23.6 Å². The molecule has 2 N–H and O–H groups in total. The molecule has 1 unspecified atom stereocenters. The molecule has 1 aliphatic rings. The van der Waals surface area contributed by atoms with Crippen LogP contribution in [0.4, 0.5) is 0 Å². The van der Waals surface area contributed by atoms with Crippen LogP contribution in [0.3, 0.4) is 0 Å². The number of hydrogen-bond donors (Lipinski definition) is 2. The number of aliphatic imine (C=N–C) groups is 1. The van der Waals surface area contributed by atoms with Crippen molar-refractivity contribution in [1.29, 1.82) is 10.7 Å². The van der Waals surface area contributed by atoms with Crippen molar-refractivity contribution in [3.63, 3.8) is 0 Å². The molecule has 1 atom stereocenters. The van der Waals surface area contributed by atoms with E-state index in [2.05, 4.69) is 4.99 Å². The van der Waals surface area contributed by atoms with Gasteiger partial charge in [0.05, 0.1) is 17.3 Å². The second-order valence-corrected chi connectivity index (χ2v) is 7.16. The van der Waals surface area contributed by atoms with Crippen LogP contribution in [0.15, 0.2) is 58.3 Å². The molecule has 7 nitrogen and oxygen atoms in total. The number of aryl methyl sites for hydroxylation is 1. The summed E-state index contributed by atoms with van der Waals surface area (Å²) in [4.78, 5) is 18.4. The van der Waals surface area contributed by atoms with Crippen molar-refractivity contribution in [3.05, 3.63) is 75.0 Å². The van der Waals surface area contributed by atoms with Gasteiger partial charge in [0, 0.05) is 23.9 Å². The number of hydrogen-bond acceptors (Lipinski definition) is 4. The summed E-state index contributed by atoms with van der Waals surface area (Å²) in [6.07, 6.45) is 2.16. The van der Waals surface area contributed by atoms with E-state index in [1.54, 1.807) is 55.6 Å². The maximum absolute atomic E-state index is 13.0. The van der Waals surface area contributed by atoms with Crippen LogP contribution in [-0.4, -0.2) is 26.2 Å². The van der Waals surface area contributed by atoms with E-state index in [4.69, 9.17) is 17.0 Å². The number of nitrogens with one attached hydrogen (secondary N) is 1. The quantitative estimate of drug-likeness (QED) is 0.636. The lowest BCUT2D eigenvalue weighted by Gasteiger charge is -2.30. The number of pyridine rings is 1. The zero-order chi connectivity index (χ0) is 20.7. The van der Waals surface area contributed by atoms with Crippen LogP contribution >= 0.6 is 11.6 Å². The van der Waals surface area contributed by atoms with Crippen LogP contribution < -0.4 is 5.56 Å². The molecular formula is C21H16ClN5O2. The van der Waals surface area contributed by atoms with Crippen molar-refractivity contribution in [2.24, 2.45) is 12.0 Å². The minimum absolute atomic E-state index is 0.0486. The highest BCUT2D eigenvalue weighted by molar-refractivity contribution is 6.30. The zero-order valence-corrected chi connectivity index (χ0v) is 16.2. The second kappa shape index (κ2) is 7.08. The number of para-hydroxylation sites is 1. The number of guanidine groups is 1. The Morgan fingerprint density at radius 1 is 1.24 bits per heavy atom. The van der Waals surface area contributed by atoms with Crippen molar-refractivity contribution < 1.29 is 5.11 Å². The van der Waals surface area contributed by atoms with Gasteiger partial charge in [-0.15, -0.1) is 0 Å². The van der Waals surface area contributed by atoms with E-state index in [1.807, 2.05) is 6.19 Å². The summed E-state index contributed by atoms with van der Waals surface area (Å²) in [5, 5.41) is 29.6. The molecule has 0 saturated heterocycles. The SMILES string of the molecule is Cn1c(=O)c(C2=NC(=N)N(C#N)C(c3ccc(Cl)cc3)C2)c(O)c2ccccc21. The molecule has 2 heterocycles. The Bertz CT molecular complexity index is 1270. The minimum Gasteiger partial charge on any atom is -0.506 e. The lowest BCUT2D eigenvalue weighted by molar-refractivity contribution is 0.420. The van der Waals surface area contributed by atoms with Crippen LogP contribution in [0, 0.1) is 16.9 Å². The summed E-state index contributed by atoms with van der Waals surface area (Å²) in [5.74, 6) is -0.459. The average Bonchev–Trinajstić information content (AvgIpc) is 2.72. The molecule has 0 saturated carbocycles. The maximum Gasteiger partial charge on any atom is 0.263 e. The summed E-state index contributed by atoms with van der Waals surface area (Å²) in [7, 11) is 1.63. The van der Waals surface area contributed by atoms with Crippen molar-refractivity contribution in [1.82, 2.24) is 9.47 Å². The van der Waals surface area contributed by atoms with Gasteiger partial charge in [0.25, 0.3) is 5.56 Å². The molecule has 0 aliphatic carbocycles. The Morgan fingerprint density at radius 3 is 2.62 bits per heavy atom. The Hall–Kier alpha value is -3.63. The smallest absolute Gasteiger partial charge is 0.263 e. The number of aromatic nitrogens is 1. The van der Waals surface area contributed by atoms with Crippen molar-refractivity contribution in [2.75, 3.05) is 0 Å². The fraction of sp³-hybridized carbons (Fsp3) is 0.143. The van der Waals surface area contributed by atoms with Crippen molar-refractivity contribution in [2.45, 2.75) is 12.5 Å². The van der Waals surface area contributed by atoms with Crippen LogP contribution in [0.2, 0.25) is 5.02 Å². The van der Waals surface area contributed by atoms with Crippen LogP contribution in [-0.2, 0) is 7.05 Å². The predicted molar refractivity (Wildman–Crippen MR) is 111 cm³/mol. The number of nitriles is 1. The number of rotatable bonds is 2. The number of aromatic hydroxyl groups is 1. The molecule has 4 rings (SSSR count). The number of benzene rings is 2. The zero-order valence-electron chi connectivity index (χ0n) is 15.4. The van der Waals surface area contributed by atoms with Gasteiger partial charge in [-0.2, -0.15) is 5.26 Å². The van der Waals surface area contributed by atoms with Gasteiger partial charge in [0.1, 0.15) is 11.3 Å². The Kier molecular flexibility index (Phi) is 4.57. The van der Waals surface area contributed by atoms with Gasteiger partial charge < -0.3 is 9.67 Å². The van der Waals surface area contributed by atoms with Crippen molar-refractivity contribution >= 4 is 34.2 Å². The average molecular weight is 406 g/mol. The number of fused-ring (bicyclic) bond motifs is 1. The molecule has 1 aliphatic heterocycles. The van der Waals surface area contributed by atoms with E-state index in [0.717, 1.165) is 5.56 Å². The molecule has 8 heteroatoms. The molecule has 29 heavy (non-hydrogen) atoms. The summed E-state index contributed by atoms with van der Waals surface area (Å²) in [5.41, 5.74) is 1.26. The second-order valence-electron chi connectivity index (χ2n) is 6.73. The number of halogens is 1. The van der Waals surface area contributed by atoms with Gasteiger partial charge in [-0.05, 0) is 29.8 Å². The third kappa shape index (κ3) is 3.04. The highest BCUT2D eigenvalue weighted by Gasteiger charge is 2.32. The molecule has 2 aromatic carbocycles. The van der Waals surface area contributed by atoms with Gasteiger partial charge in [-0.3, -0.25) is 10.2 Å². The third-order valence-electron chi connectivity index (χ3n) is 5.09. The first-order valence-electron chi connectivity index (χ1n) is 8.84. The summed E-state index contributed by atoms with van der Waals surface area (Å²) in [6, 6.07) is 13.4. The first-order chi connectivity index (χ1) is 13.9. The summed E-state index contributed by atoms with van der Waals surface area (Å²) < 4.78 is 1.45. The van der Waals surface area contributed by atoms with E-state index in [1.165, 1.54) is 9.47 Å². The van der Waals surface area contributed by atoms with Crippen molar-refractivity contribution in [3.8, 4) is 11.9 Å². The Balaban J connectivity index is 1.90. The highest BCUT2D eigenvalue weighted by atomic mass is 35.5. The maximum atomic E-state index is 13.0. The molecule has 0 spiro atoms. The van der Waals surface area contributed by atoms with E-state index in [-0.39, 0.29) is 29.4 Å². The first kappa shape index (κ1) is 18.7. The summed E-state index contributed by atoms with van der Waals surface area (Å²) >= 11 is 5.97. The highest BCUT2D eigenvalue weighted by Crippen LogP contribution is 2.34. The molecule has 144 valence electrons. The normalized spacial score (nSPS) is 16.6. The lowest BCUT2D eigenvalue weighted by Crippen LogP contribution is -2.37. The monoisotopic (exact) mass is 405 g/mol. The van der Waals surface area contributed by atoms with E-state index >= 15 is 0 Å².